The Morgan fingerprint density at radius 1 is 1.25 bits per heavy atom. The van der Waals surface area contributed by atoms with Gasteiger partial charge >= 0.3 is 5.97 Å². The summed E-state index contributed by atoms with van der Waals surface area (Å²) >= 11 is 0. The van der Waals surface area contributed by atoms with E-state index in [4.69, 9.17) is 14.6 Å². The lowest BCUT2D eigenvalue weighted by atomic mass is 10.1. The number of carbonyl (C=O) groups is 2. The summed E-state index contributed by atoms with van der Waals surface area (Å²) in [5, 5.41) is 11.4. The van der Waals surface area contributed by atoms with Gasteiger partial charge in [0.25, 0.3) is 5.91 Å². The van der Waals surface area contributed by atoms with Crippen LogP contribution in [0, 0.1) is 0 Å². The van der Waals surface area contributed by atoms with Crippen molar-refractivity contribution in [3.05, 3.63) is 23.8 Å². The normalized spacial score (nSPS) is 11.6. The van der Waals surface area contributed by atoms with Crippen molar-refractivity contribution >= 4 is 11.9 Å². The lowest BCUT2D eigenvalue weighted by Gasteiger charge is -2.15. The average Bonchev–Trinajstić information content (AvgIpc) is 2.45. The van der Waals surface area contributed by atoms with Gasteiger partial charge in [0.15, 0.2) is 11.5 Å². The Bertz CT molecular complexity index is 486. The molecule has 2 N–H and O–H groups in total. The van der Waals surface area contributed by atoms with Gasteiger partial charge in [0, 0.05) is 11.6 Å². The molecule has 6 nitrogen and oxygen atoms in total. The van der Waals surface area contributed by atoms with Crippen molar-refractivity contribution in [3.8, 4) is 11.5 Å². The summed E-state index contributed by atoms with van der Waals surface area (Å²) in [6.07, 6.45) is 0.445. The Hall–Kier alpha value is -2.24. The van der Waals surface area contributed by atoms with Gasteiger partial charge < -0.3 is 19.9 Å². The number of ether oxygens (including phenoxy) is 2. The van der Waals surface area contributed by atoms with Crippen LogP contribution in [0.1, 0.15) is 30.1 Å². The topological polar surface area (TPSA) is 84.9 Å². The molecule has 0 aromatic heterocycles. The lowest BCUT2D eigenvalue weighted by molar-refractivity contribution is -0.137. The highest BCUT2D eigenvalue weighted by Crippen LogP contribution is 2.27. The second-order valence-electron chi connectivity index (χ2n) is 4.25. The number of aliphatic carboxylic acids is 1. The molecule has 0 fully saturated rings. The molecule has 1 unspecified atom stereocenters. The van der Waals surface area contributed by atoms with Crippen LogP contribution in [0.25, 0.3) is 0 Å². The van der Waals surface area contributed by atoms with Crippen LogP contribution in [0.4, 0.5) is 0 Å². The summed E-state index contributed by atoms with van der Waals surface area (Å²) in [4.78, 5) is 22.7. The van der Waals surface area contributed by atoms with Gasteiger partial charge in [-0.2, -0.15) is 0 Å². The third-order valence-electron chi connectivity index (χ3n) is 2.89. The van der Waals surface area contributed by atoms with E-state index in [1.165, 1.54) is 14.2 Å². The Balaban J connectivity index is 2.83. The van der Waals surface area contributed by atoms with E-state index in [1.54, 1.807) is 18.2 Å². The second kappa shape index (κ2) is 7.37. The summed E-state index contributed by atoms with van der Waals surface area (Å²) in [6.45, 7) is 1.82. The zero-order chi connectivity index (χ0) is 15.1. The minimum absolute atomic E-state index is 0.102. The lowest BCUT2D eigenvalue weighted by Crippen LogP contribution is -2.36. The van der Waals surface area contributed by atoms with Crippen LogP contribution < -0.4 is 14.8 Å². The molecule has 0 heterocycles. The molecule has 0 bridgehead atoms. The van der Waals surface area contributed by atoms with E-state index in [9.17, 15) is 9.59 Å². The molecule has 1 aromatic carbocycles. The summed E-state index contributed by atoms with van der Waals surface area (Å²) in [5.41, 5.74) is 0.395. The van der Waals surface area contributed by atoms with Gasteiger partial charge in [-0.15, -0.1) is 0 Å². The summed E-state index contributed by atoms with van der Waals surface area (Å²) < 4.78 is 10.2. The maximum atomic E-state index is 12.1. The number of carbonyl (C=O) groups excluding carboxylic acids is 1. The van der Waals surface area contributed by atoms with Crippen molar-refractivity contribution in [2.24, 2.45) is 0 Å². The van der Waals surface area contributed by atoms with Gasteiger partial charge in [0.2, 0.25) is 0 Å². The smallest absolute Gasteiger partial charge is 0.305 e. The number of amides is 1. The van der Waals surface area contributed by atoms with Crippen molar-refractivity contribution in [3.63, 3.8) is 0 Å². The molecule has 0 aliphatic heterocycles. The van der Waals surface area contributed by atoms with E-state index in [2.05, 4.69) is 5.32 Å². The third-order valence-corrected chi connectivity index (χ3v) is 2.89. The molecule has 0 saturated carbocycles. The molecule has 1 rings (SSSR count). The number of methoxy groups -OCH3 is 2. The standard InChI is InChI=1S/C14H19NO5/c1-4-10(8-13(16)17)15-14(18)9-5-6-11(19-2)12(7-9)20-3/h5-7,10H,4,8H2,1-3H3,(H,15,18)(H,16,17). The molecule has 1 amide bonds. The molecule has 1 atom stereocenters. The number of nitrogens with one attached hydrogen (secondary N) is 1. The summed E-state index contributed by atoms with van der Waals surface area (Å²) in [7, 11) is 3.00. The van der Waals surface area contributed by atoms with Crippen LogP contribution in [-0.4, -0.2) is 37.2 Å². The van der Waals surface area contributed by atoms with Gasteiger partial charge in [-0.05, 0) is 24.6 Å². The first-order valence-electron chi connectivity index (χ1n) is 6.26. The highest BCUT2D eigenvalue weighted by Gasteiger charge is 2.16. The van der Waals surface area contributed by atoms with Gasteiger partial charge in [-0.3, -0.25) is 9.59 Å². The van der Waals surface area contributed by atoms with Crippen molar-refractivity contribution in [2.75, 3.05) is 14.2 Å². The number of hydrogen-bond donors (Lipinski definition) is 2. The molecule has 0 saturated heterocycles. The SMILES string of the molecule is CCC(CC(=O)O)NC(=O)c1ccc(OC)c(OC)c1. The Morgan fingerprint density at radius 2 is 1.90 bits per heavy atom. The molecule has 6 heteroatoms. The first kappa shape index (κ1) is 15.8. The Morgan fingerprint density at radius 3 is 2.40 bits per heavy atom. The number of carboxylic acids is 1. The predicted octanol–water partition coefficient (Wildman–Crippen LogP) is 1.69. The van der Waals surface area contributed by atoms with E-state index < -0.39 is 12.0 Å². The maximum absolute atomic E-state index is 12.1. The van der Waals surface area contributed by atoms with Gasteiger partial charge in [0.05, 0.1) is 20.6 Å². The fourth-order valence-corrected chi connectivity index (χ4v) is 1.75. The zero-order valence-corrected chi connectivity index (χ0v) is 11.8. The highest BCUT2D eigenvalue weighted by molar-refractivity contribution is 5.95. The minimum atomic E-state index is -0.940. The second-order valence-corrected chi connectivity index (χ2v) is 4.25. The van der Waals surface area contributed by atoms with Crippen LogP contribution in [0.5, 0.6) is 11.5 Å². The molecule has 0 spiro atoms. The van der Waals surface area contributed by atoms with Crippen molar-refractivity contribution < 1.29 is 24.2 Å². The summed E-state index contributed by atoms with van der Waals surface area (Å²) in [6, 6.07) is 4.39. The third kappa shape index (κ3) is 4.15. The molecule has 0 aliphatic rings. The molecule has 0 radical (unpaired) electrons. The fourth-order valence-electron chi connectivity index (χ4n) is 1.75. The van der Waals surface area contributed by atoms with Crippen LogP contribution >= 0.6 is 0 Å². The molecular weight excluding hydrogens is 262 g/mol. The fraction of sp³-hybridized carbons (Fsp3) is 0.429. The van der Waals surface area contributed by atoms with Crippen molar-refractivity contribution in [2.45, 2.75) is 25.8 Å². The van der Waals surface area contributed by atoms with E-state index in [0.717, 1.165) is 0 Å². The predicted molar refractivity (Wildman–Crippen MR) is 73.3 cm³/mol. The number of benzene rings is 1. The van der Waals surface area contributed by atoms with E-state index >= 15 is 0 Å². The largest absolute Gasteiger partial charge is 0.493 e. The average molecular weight is 281 g/mol. The van der Waals surface area contributed by atoms with Crippen molar-refractivity contribution in [1.82, 2.24) is 5.32 Å². The van der Waals surface area contributed by atoms with Gasteiger partial charge in [-0.1, -0.05) is 6.92 Å². The van der Waals surface area contributed by atoms with Crippen LogP contribution in [-0.2, 0) is 4.79 Å². The molecule has 110 valence electrons. The Kier molecular flexibility index (Phi) is 5.83. The molecule has 1 aromatic rings. The van der Waals surface area contributed by atoms with Crippen LogP contribution in [0.2, 0.25) is 0 Å². The van der Waals surface area contributed by atoms with E-state index in [1.807, 2.05) is 6.92 Å². The number of rotatable bonds is 7. The number of carboxylic acid groups (broad SMARTS) is 1. The van der Waals surface area contributed by atoms with Crippen LogP contribution in [0.15, 0.2) is 18.2 Å². The van der Waals surface area contributed by atoms with Crippen molar-refractivity contribution in [1.29, 1.82) is 0 Å². The quantitative estimate of drug-likeness (QED) is 0.794. The first-order valence-corrected chi connectivity index (χ1v) is 6.26. The molecule has 0 aliphatic carbocycles. The van der Waals surface area contributed by atoms with E-state index in [-0.39, 0.29) is 12.3 Å². The monoisotopic (exact) mass is 281 g/mol. The van der Waals surface area contributed by atoms with Gasteiger partial charge in [0.1, 0.15) is 0 Å². The summed E-state index contributed by atoms with van der Waals surface area (Å²) in [5.74, 6) is -0.295. The first-order chi connectivity index (χ1) is 9.51. The van der Waals surface area contributed by atoms with Gasteiger partial charge in [-0.25, -0.2) is 0 Å². The maximum Gasteiger partial charge on any atom is 0.305 e. The highest BCUT2D eigenvalue weighted by atomic mass is 16.5. The number of hydrogen-bond acceptors (Lipinski definition) is 4. The Labute approximate surface area is 117 Å². The zero-order valence-electron chi connectivity index (χ0n) is 11.8. The minimum Gasteiger partial charge on any atom is -0.493 e. The molecule has 20 heavy (non-hydrogen) atoms. The molecular formula is C14H19NO5. The van der Waals surface area contributed by atoms with E-state index in [0.29, 0.717) is 23.5 Å². The van der Waals surface area contributed by atoms with Crippen LogP contribution in [0.3, 0.4) is 0 Å².